The summed E-state index contributed by atoms with van der Waals surface area (Å²) in [7, 11) is 0. The fraction of sp³-hybridized carbons (Fsp3) is 0.133. The number of aromatic hydroxyl groups is 1. The van der Waals surface area contributed by atoms with E-state index >= 15 is 0 Å². The first-order valence-corrected chi connectivity index (χ1v) is 6.74. The molecule has 0 aliphatic carbocycles. The van der Waals surface area contributed by atoms with Crippen molar-refractivity contribution in [1.29, 1.82) is 0 Å². The van der Waals surface area contributed by atoms with Gasteiger partial charge in [-0.3, -0.25) is 0 Å². The molecule has 110 valence electrons. The van der Waals surface area contributed by atoms with E-state index in [1.165, 1.54) is 0 Å². The van der Waals surface area contributed by atoms with Crippen molar-refractivity contribution >= 4 is 23.0 Å². The summed E-state index contributed by atoms with van der Waals surface area (Å²) in [6, 6.07) is 11.8. The molecule has 21 heavy (non-hydrogen) atoms. The Bertz CT molecular complexity index is 612. The van der Waals surface area contributed by atoms with Gasteiger partial charge in [-0.15, -0.1) is 0 Å². The minimum atomic E-state index is -1.04. The number of benzene rings is 2. The Morgan fingerprint density at radius 3 is 2.33 bits per heavy atom. The number of hydrogen-bond donors (Lipinski definition) is 3. The first-order chi connectivity index (χ1) is 10.1. The zero-order valence-corrected chi connectivity index (χ0v) is 11.9. The van der Waals surface area contributed by atoms with Crippen molar-refractivity contribution < 1.29 is 13.9 Å². The van der Waals surface area contributed by atoms with Gasteiger partial charge in [-0.05, 0) is 24.2 Å². The van der Waals surface area contributed by atoms with E-state index in [-0.39, 0.29) is 10.8 Å². The zero-order chi connectivity index (χ0) is 15.2. The number of phenols is 1. The molecule has 2 aromatic carbocycles. The molecule has 0 saturated carbocycles. The molecule has 0 atom stereocenters. The van der Waals surface area contributed by atoms with E-state index in [9.17, 15) is 8.78 Å². The fourth-order valence-electron chi connectivity index (χ4n) is 1.78. The Balaban J connectivity index is 1.85. The maximum absolute atomic E-state index is 13.2. The minimum absolute atomic E-state index is 0.139. The molecule has 0 aliphatic rings. The molecule has 3 nitrogen and oxygen atoms in total. The number of phenolic OH excluding ortho intramolecular Hbond substituents is 1. The summed E-state index contributed by atoms with van der Waals surface area (Å²) in [4.78, 5) is 0. The number of halogens is 2. The summed E-state index contributed by atoms with van der Waals surface area (Å²) in [6.45, 7) is 0.596. The molecule has 3 N–H and O–H groups in total. The first-order valence-electron chi connectivity index (χ1n) is 6.33. The van der Waals surface area contributed by atoms with Crippen LogP contribution in [-0.2, 0) is 6.42 Å². The van der Waals surface area contributed by atoms with E-state index in [0.717, 1.165) is 24.1 Å². The molecular formula is C15H14F2N2OS. The summed E-state index contributed by atoms with van der Waals surface area (Å²) in [5.41, 5.74) is 1.30. The van der Waals surface area contributed by atoms with Crippen LogP contribution in [0.3, 0.4) is 0 Å². The molecule has 0 unspecified atom stereocenters. The molecule has 0 amide bonds. The lowest BCUT2D eigenvalue weighted by molar-refractivity contribution is 0.396. The van der Waals surface area contributed by atoms with Crippen LogP contribution >= 0.6 is 12.2 Å². The molecule has 2 rings (SSSR count). The van der Waals surface area contributed by atoms with E-state index in [4.69, 9.17) is 17.3 Å². The predicted octanol–water partition coefficient (Wildman–Crippen LogP) is 3.20. The van der Waals surface area contributed by atoms with Crippen LogP contribution in [0.5, 0.6) is 5.75 Å². The highest BCUT2D eigenvalue weighted by Crippen LogP contribution is 2.23. The smallest absolute Gasteiger partial charge is 0.187 e. The molecule has 0 aliphatic heterocycles. The molecular weight excluding hydrogens is 294 g/mol. The molecule has 0 saturated heterocycles. The van der Waals surface area contributed by atoms with E-state index in [1.54, 1.807) is 0 Å². The molecule has 0 radical (unpaired) electrons. The SMILES string of the molecule is Oc1c(F)cc(NC(=S)NCCc2ccccc2)cc1F. The number of anilines is 1. The fourth-order valence-corrected chi connectivity index (χ4v) is 2.00. The molecule has 0 aromatic heterocycles. The second-order valence-electron chi connectivity index (χ2n) is 4.40. The number of thiocarbonyl (C=S) groups is 1. The molecule has 0 bridgehead atoms. The van der Waals surface area contributed by atoms with E-state index in [0.29, 0.717) is 6.54 Å². The molecule has 0 fully saturated rings. The largest absolute Gasteiger partial charge is 0.503 e. The average Bonchev–Trinajstić information content (AvgIpc) is 2.46. The van der Waals surface area contributed by atoms with Crippen LogP contribution in [0.15, 0.2) is 42.5 Å². The normalized spacial score (nSPS) is 10.2. The zero-order valence-electron chi connectivity index (χ0n) is 11.1. The number of rotatable bonds is 4. The summed E-state index contributed by atoms with van der Waals surface area (Å²) < 4.78 is 26.3. The first kappa shape index (κ1) is 15.2. The highest BCUT2D eigenvalue weighted by atomic mass is 32.1. The van der Waals surface area contributed by atoms with Gasteiger partial charge < -0.3 is 15.7 Å². The Hall–Kier alpha value is -2.21. The lowest BCUT2D eigenvalue weighted by Gasteiger charge is -2.11. The van der Waals surface area contributed by atoms with E-state index < -0.39 is 17.4 Å². The third-order valence-corrected chi connectivity index (χ3v) is 3.06. The highest BCUT2D eigenvalue weighted by Gasteiger charge is 2.10. The summed E-state index contributed by atoms with van der Waals surface area (Å²) >= 11 is 5.04. The predicted molar refractivity (Wildman–Crippen MR) is 82.4 cm³/mol. The Labute approximate surface area is 126 Å². The maximum Gasteiger partial charge on any atom is 0.187 e. The third kappa shape index (κ3) is 4.39. The van der Waals surface area contributed by atoms with Gasteiger partial charge in [-0.2, -0.15) is 0 Å². The minimum Gasteiger partial charge on any atom is -0.503 e. The van der Waals surface area contributed by atoms with Crippen LogP contribution in [-0.4, -0.2) is 16.8 Å². The van der Waals surface area contributed by atoms with Crippen molar-refractivity contribution in [2.45, 2.75) is 6.42 Å². The van der Waals surface area contributed by atoms with Gasteiger partial charge in [0.1, 0.15) is 0 Å². The molecule has 0 spiro atoms. The monoisotopic (exact) mass is 308 g/mol. The van der Waals surface area contributed by atoms with Gasteiger partial charge in [0.05, 0.1) is 0 Å². The van der Waals surface area contributed by atoms with Gasteiger partial charge >= 0.3 is 0 Å². The molecule has 2 aromatic rings. The molecule has 0 heterocycles. The highest BCUT2D eigenvalue weighted by molar-refractivity contribution is 7.80. The van der Waals surface area contributed by atoms with Crippen LogP contribution in [0.1, 0.15) is 5.56 Å². The van der Waals surface area contributed by atoms with Gasteiger partial charge in [0.2, 0.25) is 0 Å². The summed E-state index contributed by atoms with van der Waals surface area (Å²) in [6.07, 6.45) is 0.779. The van der Waals surface area contributed by atoms with Crippen molar-refractivity contribution in [2.24, 2.45) is 0 Å². The van der Waals surface area contributed by atoms with Crippen molar-refractivity contribution in [1.82, 2.24) is 5.32 Å². The Kier molecular flexibility index (Phi) is 5.05. The van der Waals surface area contributed by atoms with E-state index in [1.807, 2.05) is 30.3 Å². The van der Waals surface area contributed by atoms with Crippen LogP contribution in [0, 0.1) is 11.6 Å². The van der Waals surface area contributed by atoms with Crippen LogP contribution in [0.4, 0.5) is 14.5 Å². The van der Waals surface area contributed by atoms with Gasteiger partial charge in [-0.25, -0.2) is 8.78 Å². The van der Waals surface area contributed by atoms with Gasteiger partial charge in [0.15, 0.2) is 22.5 Å². The lowest BCUT2D eigenvalue weighted by atomic mass is 10.1. The summed E-state index contributed by atoms with van der Waals surface area (Å²) in [5.74, 6) is -3.07. The third-order valence-electron chi connectivity index (χ3n) is 2.82. The maximum atomic E-state index is 13.2. The number of hydrogen-bond acceptors (Lipinski definition) is 2. The number of nitrogens with one attached hydrogen (secondary N) is 2. The summed E-state index contributed by atoms with van der Waals surface area (Å²) in [5, 5.41) is 14.9. The molecule has 6 heteroatoms. The second-order valence-corrected chi connectivity index (χ2v) is 4.81. The van der Waals surface area contributed by atoms with Gasteiger partial charge in [0.25, 0.3) is 0 Å². The standard InChI is InChI=1S/C15H14F2N2OS/c16-12-8-11(9-13(17)14(12)20)19-15(21)18-7-6-10-4-2-1-3-5-10/h1-5,8-9,20H,6-7H2,(H2,18,19,21). The van der Waals surface area contributed by atoms with Crippen molar-refractivity contribution in [3.8, 4) is 5.75 Å². The van der Waals surface area contributed by atoms with Crippen LogP contribution in [0.2, 0.25) is 0 Å². The Morgan fingerprint density at radius 1 is 1.10 bits per heavy atom. The van der Waals surface area contributed by atoms with Gasteiger partial charge in [0, 0.05) is 24.4 Å². The van der Waals surface area contributed by atoms with Crippen molar-refractivity contribution in [2.75, 3.05) is 11.9 Å². The topological polar surface area (TPSA) is 44.3 Å². The average molecular weight is 308 g/mol. The van der Waals surface area contributed by atoms with Crippen LogP contribution < -0.4 is 10.6 Å². The van der Waals surface area contributed by atoms with Crippen LogP contribution in [0.25, 0.3) is 0 Å². The lowest BCUT2D eigenvalue weighted by Crippen LogP contribution is -2.30. The van der Waals surface area contributed by atoms with Gasteiger partial charge in [-0.1, -0.05) is 30.3 Å². The second kappa shape index (κ2) is 6.99. The quantitative estimate of drug-likeness (QED) is 0.599. The van der Waals surface area contributed by atoms with Crippen molar-refractivity contribution in [3.63, 3.8) is 0 Å². The van der Waals surface area contributed by atoms with Crippen molar-refractivity contribution in [3.05, 3.63) is 59.7 Å². The van der Waals surface area contributed by atoms with E-state index in [2.05, 4.69) is 10.6 Å². The Morgan fingerprint density at radius 2 is 1.71 bits per heavy atom.